The average molecular weight is 560 g/mol. The van der Waals surface area contributed by atoms with Gasteiger partial charge in [0.1, 0.15) is 17.4 Å². The van der Waals surface area contributed by atoms with E-state index in [1.807, 2.05) is 11.8 Å². The Hall–Kier alpha value is -3.17. The topological polar surface area (TPSA) is 77.6 Å². The predicted octanol–water partition coefficient (Wildman–Crippen LogP) is 6.51. The molecule has 1 aromatic heterocycles. The smallest absolute Gasteiger partial charge is 0.231 e. The van der Waals surface area contributed by atoms with Gasteiger partial charge in [0.25, 0.3) is 0 Å². The van der Waals surface area contributed by atoms with E-state index in [0.717, 1.165) is 60.4 Å². The number of rotatable bonds is 9. The second-order valence-electron chi connectivity index (χ2n) is 11.2. The zero-order valence-electron chi connectivity index (χ0n) is 23.9. The summed E-state index contributed by atoms with van der Waals surface area (Å²) >= 11 is 2.00. The molecule has 1 saturated heterocycles. The SMILES string of the molecule is COc1cc(N2CCC(N(C)C)CC2)ccc1Nc1nc2c(c(Nc3ccccc3SC3CCCC3)n1)CCN2. The number of fused-ring (bicyclic) bond motifs is 1. The van der Waals surface area contributed by atoms with Crippen LogP contribution in [0.3, 0.4) is 0 Å². The number of aromatic nitrogens is 2. The lowest BCUT2D eigenvalue weighted by Gasteiger charge is -2.36. The van der Waals surface area contributed by atoms with Crippen LogP contribution in [-0.2, 0) is 6.42 Å². The van der Waals surface area contributed by atoms with Crippen LogP contribution in [0.5, 0.6) is 5.75 Å². The zero-order chi connectivity index (χ0) is 27.5. The lowest BCUT2D eigenvalue weighted by molar-refractivity contribution is 0.249. The number of para-hydroxylation sites is 1. The fourth-order valence-corrected chi connectivity index (χ4v) is 7.39. The third kappa shape index (κ3) is 5.95. The molecule has 6 rings (SSSR count). The van der Waals surface area contributed by atoms with Crippen molar-refractivity contribution in [2.24, 2.45) is 0 Å². The van der Waals surface area contributed by atoms with Crippen LogP contribution >= 0.6 is 11.8 Å². The van der Waals surface area contributed by atoms with E-state index in [9.17, 15) is 0 Å². The molecule has 0 atom stereocenters. The number of benzene rings is 2. The summed E-state index contributed by atoms with van der Waals surface area (Å²) in [5.74, 6) is 3.09. The van der Waals surface area contributed by atoms with Crippen LogP contribution in [0.25, 0.3) is 0 Å². The van der Waals surface area contributed by atoms with Gasteiger partial charge in [0.15, 0.2) is 0 Å². The highest BCUT2D eigenvalue weighted by Crippen LogP contribution is 2.40. The number of methoxy groups -OCH3 is 1. The van der Waals surface area contributed by atoms with Gasteiger partial charge in [-0.15, -0.1) is 11.8 Å². The third-order valence-corrected chi connectivity index (χ3v) is 9.82. The van der Waals surface area contributed by atoms with Crippen molar-refractivity contribution in [3.8, 4) is 5.75 Å². The van der Waals surface area contributed by atoms with Gasteiger partial charge in [-0.3, -0.25) is 0 Å². The Morgan fingerprint density at radius 1 is 0.975 bits per heavy atom. The van der Waals surface area contributed by atoms with Crippen LogP contribution in [0, 0.1) is 0 Å². The van der Waals surface area contributed by atoms with E-state index >= 15 is 0 Å². The van der Waals surface area contributed by atoms with E-state index in [1.54, 1.807) is 7.11 Å². The van der Waals surface area contributed by atoms with Crippen LogP contribution in [0.2, 0.25) is 0 Å². The molecule has 1 saturated carbocycles. The number of ether oxygens (including phenoxy) is 1. The Balaban J connectivity index is 1.22. The summed E-state index contributed by atoms with van der Waals surface area (Å²) in [5, 5.41) is 11.3. The van der Waals surface area contributed by atoms with E-state index in [-0.39, 0.29) is 0 Å². The van der Waals surface area contributed by atoms with Crippen LogP contribution < -0.4 is 25.6 Å². The molecule has 9 heteroatoms. The van der Waals surface area contributed by atoms with Gasteiger partial charge in [-0.1, -0.05) is 25.0 Å². The molecule has 0 unspecified atom stereocenters. The molecular formula is C31H41N7OS. The van der Waals surface area contributed by atoms with Crippen molar-refractivity contribution in [3.63, 3.8) is 0 Å². The molecule has 0 radical (unpaired) electrons. The number of anilines is 6. The average Bonchev–Trinajstić information content (AvgIpc) is 3.67. The summed E-state index contributed by atoms with van der Waals surface area (Å²) in [5.41, 5.74) is 4.29. The summed E-state index contributed by atoms with van der Waals surface area (Å²) in [6, 6.07) is 15.6. The van der Waals surface area contributed by atoms with Crippen molar-refractivity contribution in [2.45, 2.75) is 61.1 Å². The maximum absolute atomic E-state index is 5.82. The van der Waals surface area contributed by atoms with Crippen LogP contribution in [0.1, 0.15) is 44.1 Å². The van der Waals surface area contributed by atoms with Crippen molar-refractivity contribution in [3.05, 3.63) is 48.0 Å². The Kier molecular flexibility index (Phi) is 8.20. The maximum Gasteiger partial charge on any atom is 0.231 e. The molecule has 3 aromatic rings. The molecule has 1 aliphatic carbocycles. The summed E-state index contributed by atoms with van der Waals surface area (Å²) < 4.78 is 5.82. The number of thioether (sulfide) groups is 1. The van der Waals surface area contributed by atoms with Crippen molar-refractivity contribution >= 4 is 46.4 Å². The third-order valence-electron chi connectivity index (χ3n) is 8.40. The molecule has 3 heterocycles. The summed E-state index contributed by atoms with van der Waals surface area (Å²) in [6.07, 6.45) is 8.52. The quantitative estimate of drug-likeness (QED) is 0.272. The largest absolute Gasteiger partial charge is 0.494 e. The Bertz CT molecular complexity index is 1320. The molecular weight excluding hydrogens is 518 g/mol. The highest BCUT2D eigenvalue weighted by Gasteiger charge is 2.24. The first-order valence-electron chi connectivity index (χ1n) is 14.6. The van der Waals surface area contributed by atoms with E-state index in [1.165, 1.54) is 49.1 Å². The van der Waals surface area contributed by atoms with Gasteiger partial charge in [-0.25, -0.2) is 0 Å². The predicted molar refractivity (Wildman–Crippen MR) is 167 cm³/mol. The van der Waals surface area contributed by atoms with Gasteiger partial charge < -0.3 is 30.5 Å². The molecule has 0 spiro atoms. The van der Waals surface area contributed by atoms with Crippen molar-refractivity contribution < 1.29 is 4.74 Å². The fraction of sp³-hybridized carbons (Fsp3) is 0.484. The molecule has 40 heavy (non-hydrogen) atoms. The van der Waals surface area contributed by atoms with Crippen molar-refractivity contribution in [2.75, 3.05) is 61.7 Å². The number of hydrogen-bond acceptors (Lipinski definition) is 9. The molecule has 2 fully saturated rings. The van der Waals surface area contributed by atoms with Gasteiger partial charge in [-0.05, 0) is 70.5 Å². The highest BCUT2D eigenvalue weighted by molar-refractivity contribution is 8.00. The molecule has 3 N–H and O–H groups in total. The Labute approximate surface area is 242 Å². The zero-order valence-corrected chi connectivity index (χ0v) is 24.7. The minimum absolute atomic E-state index is 0.550. The molecule has 2 aromatic carbocycles. The molecule has 2 aliphatic heterocycles. The van der Waals surface area contributed by atoms with E-state index in [2.05, 4.69) is 82.3 Å². The first-order chi connectivity index (χ1) is 19.6. The second kappa shape index (κ2) is 12.1. The summed E-state index contributed by atoms with van der Waals surface area (Å²) in [6.45, 7) is 2.96. The van der Waals surface area contributed by atoms with E-state index in [0.29, 0.717) is 17.2 Å². The van der Waals surface area contributed by atoms with Crippen molar-refractivity contribution in [1.29, 1.82) is 0 Å². The maximum atomic E-state index is 5.82. The van der Waals surface area contributed by atoms with Gasteiger partial charge >= 0.3 is 0 Å². The van der Waals surface area contributed by atoms with E-state index < -0.39 is 0 Å². The lowest BCUT2D eigenvalue weighted by Crippen LogP contribution is -2.41. The Morgan fingerprint density at radius 3 is 2.55 bits per heavy atom. The monoisotopic (exact) mass is 559 g/mol. The van der Waals surface area contributed by atoms with Gasteiger partial charge in [0.2, 0.25) is 5.95 Å². The minimum atomic E-state index is 0.550. The van der Waals surface area contributed by atoms with Gasteiger partial charge in [0.05, 0.1) is 18.5 Å². The van der Waals surface area contributed by atoms with Crippen LogP contribution in [0.15, 0.2) is 47.4 Å². The number of hydrogen-bond donors (Lipinski definition) is 3. The van der Waals surface area contributed by atoms with Crippen molar-refractivity contribution in [1.82, 2.24) is 14.9 Å². The number of nitrogens with zero attached hydrogens (tertiary/aromatic N) is 4. The lowest BCUT2D eigenvalue weighted by atomic mass is 10.0. The van der Waals surface area contributed by atoms with Crippen LogP contribution in [0.4, 0.5) is 34.6 Å². The minimum Gasteiger partial charge on any atom is -0.494 e. The number of piperidine rings is 1. The molecule has 8 nitrogen and oxygen atoms in total. The number of nitrogens with one attached hydrogen (secondary N) is 3. The highest BCUT2D eigenvalue weighted by atomic mass is 32.2. The normalized spacial score (nSPS) is 17.6. The van der Waals surface area contributed by atoms with Crippen LogP contribution in [-0.4, -0.2) is 67.0 Å². The molecule has 3 aliphatic rings. The first-order valence-corrected chi connectivity index (χ1v) is 15.5. The van der Waals surface area contributed by atoms with Gasteiger partial charge in [0, 0.05) is 53.1 Å². The summed E-state index contributed by atoms with van der Waals surface area (Å²) in [7, 11) is 6.07. The molecule has 0 amide bonds. The summed E-state index contributed by atoms with van der Waals surface area (Å²) in [4.78, 5) is 15.9. The fourth-order valence-electron chi connectivity index (χ4n) is 6.06. The first kappa shape index (κ1) is 27.0. The Morgan fingerprint density at radius 2 is 1.77 bits per heavy atom. The van der Waals surface area contributed by atoms with Gasteiger partial charge in [-0.2, -0.15) is 9.97 Å². The van der Waals surface area contributed by atoms with E-state index in [4.69, 9.17) is 14.7 Å². The second-order valence-corrected chi connectivity index (χ2v) is 12.6. The molecule has 212 valence electrons. The standard InChI is InChI=1S/C31H41N7OS/c1-37(2)21-15-18-38(19-16-21)22-12-13-25(27(20-22)39-3)34-31-35-29-24(14-17-32-29)30(36-31)33-26-10-6-7-11-28(26)40-23-8-4-5-9-23/h6-7,10-13,20-21,23H,4-5,8-9,14-19H2,1-3H3,(H3,32,33,34,35,36). The molecule has 0 bridgehead atoms.